The highest BCUT2D eigenvalue weighted by Gasteiger charge is 2.26. The minimum Gasteiger partial charge on any atom is -0.356 e. The third-order valence-electron chi connectivity index (χ3n) is 3.01. The molecule has 0 aromatic carbocycles. The number of hydrogen-bond donors (Lipinski definition) is 1. The standard InChI is InChI=1S/C11H19N3S2/c1-3-5-10-13-11(16-14-10)12-8-6-4-7-9(8)15-2/h8-9H,3-7H2,1-2H3,(H,12,13,14). The van der Waals surface area contributed by atoms with Gasteiger partial charge in [-0.2, -0.15) is 16.1 Å². The molecule has 0 aliphatic heterocycles. The van der Waals surface area contributed by atoms with E-state index in [4.69, 9.17) is 0 Å². The number of nitrogens with one attached hydrogen (secondary N) is 1. The third kappa shape index (κ3) is 2.88. The molecule has 1 aliphatic rings. The van der Waals surface area contributed by atoms with Gasteiger partial charge in [-0.05, 0) is 25.5 Å². The number of aryl methyl sites for hydroxylation is 1. The number of aromatic nitrogens is 2. The van der Waals surface area contributed by atoms with Gasteiger partial charge in [0.05, 0.1) is 0 Å². The summed E-state index contributed by atoms with van der Waals surface area (Å²) in [5.41, 5.74) is 0. The van der Waals surface area contributed by atoms with Gasteiger partial charge in [0.1, 0.15) is 5.82 Å². The van der Waals surface area contributed by atoms with Gasteiger partial charge in [0.2, 0.25) is 5.13 Å². The van der Waals surface area contributed by atoms with Crippen molar-refractivity contribution in [1.82, 2.24) is 9.36 Å². The molecule has 2 unspecified atom stereocenters. The van der Waals surface area contributed by atoms with E-state index in [1.54, 1.807) is 0 Å². The van der Waals surface area contributed by atoms with Crippen LogP contribution in [0.15, 0.2) is 0 Å². The Morgan fingerprint density at radius 3 is 3.12 bits per heavy atom. The number of thioether (sulfide) groups is 1. The molecule has 1 heterocycles. The zero-order valence-electron chi connectivity index (χ0n) is 9.90. The Balaban J connectivity index is 1.92. The SMILES string of the molecule is CCCc1nsc(NC2CCCC2SC)n1. The Morgan fingerprint density at radius 1 is 1.50 bits per heavy atom. The molecule has 1 saturated carbocycles. The summed E-state index contributed by atoms with van der Waals surface area (Å²) in [6.45, 7) is 2.16. The second kappa shape index (κ2) is 5.87. The highest BCUT2D eigenvalue weighted by atomic mass is 32.2. The second-order valence-corrected chi connectivity index (χ2v) is 6.05. The first-order valence-electron chi connectivity index (χ1n) is 5.95. The van der Waals surface area contributed by atoms with Crippen LogP contribution in [0.1, 0.15) is 38.4 Å². The Hall–Kier alpha value is -0.290. The van der Waals surface area contributed by atoms with Gasteiger partial charge < -0.3 is 5.32 Å². The first-order valence-corrected chi connectivity index (χ1v) is 8.01. The van der Waals surface area contributed by atoms with E-state index >= 15 is 0 Å². The van der Waals surface area contributed by atoms with E-state index in [0.29, 0.717) is 6.04 Å². The minimum absolute atomic E-state index is 0.595. The van der Waals surface area contributed by atoms with Gasteiger partial charge in [-0.15, -0.1) is 0 Å². The van der Waals surface area contributed by atoms with Crippen molar-refractivity contribution in [2.45, 2.75) is 50.3 Å². The van der Waals surface area contributed by atoms with Crippen molar-refractivity contribution in [1.29, 1.82) is 0 Å². The summed E-state index contributed by atoms with van der Waals surface area (Å²) >= 11 is 3.48. The molecule has 5 heteroatoms. The van der Waals surface area contributed by atoms with Gasteiger partial charge in [-0.25, -0.2) is 4.98 Å². The largest absolute Gasteiger partial charge is 0.356 e. The molecule has 0 radical (unpaired) electrons. The zero-order valence-corrected chi connectivity index (χ0v) is 11.5. The van der Waals surface area contributed by atoms with Crippen molar-refractivity contribution >= 4 is 28.4 Å². The molecule has 1 aromatic rings. The molecule has 1 aliphatic carbocycles. The van der Waals surface area contributed by atoms with Gasteiger partial charge in [0.15, 0.2) is 0 Å². The monoisotopic (exact) mass is 257 g/mol. The molecular formula is C11H19N3S2. The smallest absolute Gasteiger partial charge is 0.202 e. The predicted molar refractivity (Wildman–Crippen MR) is 72.5 cm³/mol. The van der Waals surface area contributed by atoms with Crippen LogP contribution in [0.5, 0.6) is 0 Å². The van der Waals surface area contributed by atoms with E-state index in [9.17, 15) is 0 Å². The fraction of sp³-hybridized carbons (Fsp3) is 0.818. The van der Waals surface area contributed by atoms with E-state index in [-0.39, 0.29) is 0 Å². The average molecular weight is 257 g/mol. The lowest BCUT2D eigenvalue weighted by Gasteiger charge is -2.17. The van der Waals surface area contributed by atoms with Crippen molar-refractivity contribution in [2.24, 2.45) is 0 Å². The molecule has 0 spiro atoms. The molecule has 1 aromatic heterocycles. The Bertz CT molecular complexity index is 327. The third-order valence-corrected chi connectivity index (χ3v) is 4.86. The number of nitrogens with zero attached hydrogens (tertiary/aromatic N) is 2. The van der Waals surface area contributed by atoms with Crippen LogP contribution in [0.25, 0.3) is 0 Å². The van der Waals surface area contributed by atoms with E-state index in [1.807, 2.05) is 11.8 Å². The lowest BCUT2D eigenvalue weighted by atomic mass is 10.2. The molecule has 16 heavy (non-hydrogen) atoms. The Kier molecular flexibility index (Phi) is 4.46. The van der Waals surface area contributed by atoms with Crippen molar-refractivity contribution in [2.75, 3.05) is 11.6 Å². The molecule has 90 valence electrons. The van der Waals surface area contributed by atoms with E-state index < -0.39 is 0 Å². The molecule has 1 fully saturated rings. The van der Waals surface area contributed by atoms with Gasteiger partial charge in [-0.1, -0.05) is 13.3 Å². The molecule has 0 amide bonds. The number of anilines is 1. The normalized spacial score (nSPS) is 24.9. The summed E-state index contributed by atoms with van der Waals surface area (Å²) < 4.78 is 4.36. The lowest BCUT2D eigenvalue weighted by Crippen LogP contribution is -2.25. The predicted octanol–water partition coefficient (Wildman–Crippen LogP) is 3.19. The summed E-state index contributed by atoms with van der Waals surface area (Å²) in [5.74, 6) is 0.994. The molecule has 2 atom stereocenters. The fourth-order valence-electron chi connectivity index (χ4n) is 2.17. The molecule has 3 nitrogen and oxygen atoms in total. The van der Waals surface area contributed by atoms with Crippen molar-refractivity contribution in [3.63, 3.8) is 0 Å². The van der Waals surface area contributed by atoms with Crippen molar-refractivity contribution in [3.05, 3.63) is 5.82 Å². The van der Waals surface area contributed by atoms with E-state index in [2.05, 4.69) is 27.9 Å². The average Bonchev–Trinajstić information content (AvgIpc) is 2.89. The van der Waals surface area contributed by atoms with Crippen LogP contribution in [0, 0.1) is 0 Å². The highest BCUT2D eigenvalue weighted by molar-refractivity contribution is 7.99. The molecule has 2 rings (SSSR count). The quantitative estimate of drug-likeness (QED) is 0.879. The zero-order chi connectivity index (χ0) is 11.4. The van der Waals surface area contributed by atoms with Crippen LogP contribution in [-0.2, 0) is 6.42 Å². The van der Waals surface area contributed by atoms with Crippen LogP contribution in [0.3, 0.4) is 0 Å². The van der Waals surface area contributed by atoms with Gasteiger partial charge in [0.25, 0.3) is 0 Å². The van der Waals surface area contributed by atoms with Crippen LogP contribution in [0.4, 0.5) is 5.13 Å². The van der Waals surface area contributed by atoms with Crippen LogP contribution >= 0.6 is 23.3 Å². The molecule has 0 saturated heterocycles. The highest BCUT2D eigenvalue weighted by Crippen LogP contribution is 2.31. The summed E-state index contributed by atoms with van der Waals surface area (Å²) in [7, 11) is 0. The summed E-state index contributed by atoms with van der Waals surface area (Å²) in [5, 5.41) is 5.30. The van der Waals surface area contributed by atoms with Crippen molar-refractivity contribution in [3.8, 4) is 0 Å². The summed E-state index contributed by atoms with van der Waals surface area (Å²) in [6.07, 6.45) is 8.26. The maximum atomic E-state index is 4.52. The van der Waals surface area contributed by atoms with E-state index in [1.165, 1.54) is 30.8 Å². The van der Waals surface area contributed by atoms with Gasteiger partial charge >= 0.3 is 0 Å². The summed E-state index contributed by atoms with van der Waals surface area (Å²) in [4.78, 5) is 4.52. The maximum absolute atomic E-state index is 4.52. The topological polar surface area (TPSA) is 37.8 Å². The fourth-order valence-corrected chi connectivity index (χ4v) is 3.78. The van der Waals surface area contributed by atoms with Crippen LogP contribution in [-0.4, -0.2) is 26.9 Å². The maximum Gasteiger partial charge on any atom is 0.202 e. The van der Waals surface area contributed by atoms with Gasteiger partial charge in [0, 0.05) is 29.2 Å². The van der Waals surface area contributed by atoms with Crippen LogP contribution < -0.4 is 5.32 Å². The first-order chi connectivity index (χ1) is 7.83. The Morgan fingerprint density at radius 2 is 2.38 bits per heavy atom. The van der Waals surface area contributed by atoms with E-state index in [0.717, 1.165) is 29.0 Å². The molecule has 0 bridgehead atoms. The molecule has 1 N–H and O–H groups in total. The lowest BCUT2D eigenvalue weighted by molar-refractivity contribution is 0.764. The van der Waals surface area contributed by atoms with Crippen molar-refractivity contribution < 1.29 is 0 Å². The summed E-state index contributed by atoms with van der Waals surface area (Å²) in [6, 6.07) is 0.595. The van der Waals surface area contributed by atoms with Gasteiger partial charge in [-0.3, -0.25) is 0 Å². The molecular weight excluding hydrogens is 238 g/mol. The minimum atomic E-state index is 0.595. The first kappa shape index (κ1) is 12.2. The Labute approximate surface area is 106 Å². The number of rotatable bonds is 5. The number of hydrogen-bond acceptors (Lipinski definition) is 5. The second-order valence-electron chi connectivity index (χ2n) is 4.22. The van der Waals surface area contributed by atoms with Crippen LogP contribution in [0.2, 0.25) is 0 Å².